The summed E-state index contributed by atoms with van der Waals surface area (Å²) in [6.07, 6.45) is 2.75. The predicted molar refractivity (Wildman–Crippen MR) is 50.4 cm³/mol. The fraction of sp³-hybridized carbons (Fsp3) is 0.100. The van der Waals surface area contributed by atoms with E-state index in [0.717, 1.165) is 5.56 Å². The zero-order valence-electron chi connectivity index (χ0n) is 7.46. The van der Waals surface area contributed by atoms with Crippen molar-refractivity contribution >= 4 is 6.47 Å². The second kappa shape index (κ2) is 5.90. The molecule has 0 spiro atoms. The van der Waals surface area contributed by atoms with Crippen molar-refractivity contribution in [1.29, 1.82) is 0 Å². The fourth-order valence-corrected chi connectivity index (χ4v) is 1.05. The van der Waals surface area contributed by atoms with E-state index in [0.29, 0.717) is 6.47 Å². The van der Waals surface area contributed by atoms with Crippen LogP contribution in [0.15, 0.2) is 42.7 Å². The number of hydrogen-bond donors (Lipinski definition) is 2. The summed E-state index contributed by atoms with van der Waals surface area (Å²) >= 11 is 0. The number of hydrogen-bond acceptors (Lipinski definition) is 4. The molecule has 1 unspecified atom stereocenters. The maximum atomic E-state index is 9.85. The molecule has 0 fully saturated rings. The highest BCUT2D eigenvalue weighted by molar-refractivity contribution is 5.38. The normalized spacial score (nSPS) is 12.6. The van der Waals surface area contributed by atoms with Crippen molar-refractivity contribution in [1.82, 2.24) is 5.48 Å². The molecule has 1 rings (SSSR count). The number of hydroxylamine groups is 1. The summed E-state index contributed by atoms with van der Waals surface area (Å²) in [5.74, 6) is 0. The second-order valence-corrected chi connectivity index (χ2v) is 2.58. The average Bonchev–Trinajstić information content (AvgIpc) is 2.26. The monoisotopic (exact) mass is 193 g/mol. The third-order valence-electron chi connectivity index (χ3n) is 1.70. The van der Waals surface area contributed by atoms with E-state index in [1.165, 1.54) is 12.3 Å². The molecule has 0 radical (unpaired) electrons. The van der Waals surface area contributed by atoms with Gasteiger partial charge in [0.25, 0.3) is 6.47 Å². The van der Waals surface area contributed by atoms with E-state index in [-0.39, 0.29) is 6.04 Å². The Morgan fingerprint density at radius 1 is 1.36 bits per heavy atom. The lowest BCUT2D eigenvalue weighted by Crippen LogP contribution is -2.14. The first-order valence-corrected chi connectivity index (χ1v) is 4.09. The first-order chi connectivity index (χ1) is 6.88. The fourth-order valence-electron chi connectivity index (χ4n) is 1.05. The molecule has 0 saturated heterocycles. The van der Waals surface area contributed by atoms with Crippen molar-refractivity contribution < 1.29 is 14.7 Å². The average molecular weight is 193 g/mol. The van der Waals surface area contributed by atoms with Gasteiger partial charge in [-0.25, -0.2) is 0 Å². The van der Waals surface area contributed by atoms with E-state index in [9.17, 15) is 4.79 Å². The third-order valence-corrected chi connectivity index (χ3v) is 1.70. The predicted octanol–water partition coefficient (Wildman–Crippen LogP) is 1.39. The minimum absolute atomic E-state index is 0.315. The van der Waals surface area contributed by atoms with Crippen LogP contribution in [0.1, 0.15) is 11.6 Å². The van der Waals surface area contributed by atoms with Gasteiger partial charge >= 0.3 is 0 Å². The molecule has 0 aliphatic rings. The summed E-state index contributed by atoms with van der Waals surface area (Å²) < 4.78 is 4.38. The van der Waals surface area contributed by atoms with Gasteiger partial charge in [-0.05, 0) is 11.6 Å². The Morgan fingerprint density at radius 3 is 2.64 bits per heavy atom. The largest absolute Gasteiger partial charge is 0.437 e. The second-order valence-electron chi connectivity index (χ2n) is 2.58. The van der Waals surface area contributed by atoms with Gasteiger partial charge < -0.3 is 9.94 Å². The molecule has 0 aliphatic heterocycles. The molecule has 0 aromatic heterocycles. The molecular weight excluding hydrogens is 182 g/mol. The van der Waals surface area contributed by atoms with Crippen LogP contribution in [-0.2, 0) is 9.53 Å². The summed E-state index contributed by atoms with van der Waals surface area (Å²) in [6, 6.07) is 8.90. The van der Waals surface area contributed by atoms with Crippen molar-refractivity contribution in [3.8, 4) is 0 Å². The highest BCUT2D eigenvalue weighted by Crippen LogP contribution is 2.12. The van der Waals surface area contributed by atoms with Crippen LogP contribution in [0.2, 0.25) is 0 Å². The van der Waals surface area contributed by atoms with E-state index in [1.807, 2.05) is 30.3 Å². The van der Waals surface area contributed by atoms with Crippen molar-refractivity contribution in [2.24, 2.45) is 0 Å². The summed E-state index contributed by atoms with van der Waals surface area (Å²) in [7, 11) is 0. The zero-order valence-corrected chi connectivity index (χ0v) is 7.46. The molecule has 2 N–H and O–H groups in total. The number of rotatable bonds is 5. The van der Waals surface area contributed by atoms with E-state index in [2.05, 4.69) is 10.2 Å². The minimum atomic E-state index is -0.379. The van der Waals surface area contributed by atoms with Crippen LogP contribution in [0.5, 0.6) is 0 Å². The molecule has 4 nitrogen and oxygen atoms in total. The molecule has 14 heavy (non-hydrogen) atoms. The SMILES string of the molecule is O=CO/C=C/C(NO)c1ccccc1. The van der Waals surface area contributed by atoms with E-state index in [4.69, 9.17) is 5.21 Å². The third kappa shape index (κ3) is 3.01. The molecule has 1 atom stereocenters. The highest BCUT2D eigenvalue weighted by atomic mass is 16.5. The van der Waals surface area contributed by atoms with Gasteiger partial charge in [0, 0.05) is 0 Å². The number of nitrogens with one attached hydrogen (secondary N) is 1. The standard InChI is InChI=1S/C10H11NO3/c12-8-14-7-6-10(11-13)9-4-2-1-3-5-9/h1-8,10-11,13H/b7-6+. The molecule has 0 heterocycles. The van der Waals surface area contributed by atoms with Gasteiger partial charge in [0.1, 0.15) is 0 Å². The quantitative estimate of drug-likeness (QED) is 0.421. The topological polar surface area (TPSA) is 58.6 Å². The van der Waals surface area contributed by atoms with Gasteiger partial charge in [0.2, 0.25) is 0 Å². The minimum Gasteiger partial charge on any atom is -0.437 e. The Kier molecular flexibility index (Phi) is 4.40. The molecule has 1 aromatic carbocycles. The van der Waals surface area contributed by atoms with Gasteiger partial charge in [-0.15, -0.1) is 0 Å². The smallest absolute Gasteiger partial charge is 0.297 e. The lowest BCUT2D eigenvalue weighted by Gasteiger charge is -2.09. The molecule has 0 aliphatic carbocycles. The summed E-state index contributed by atoms with van der Waals surface area (Å²) in [4.78, 5) is 9.85. The summed E-state index contributed by atoms with van der Waals surface area (Å²) in [5.41, 5.74) is 2.97. The summed E-state index contributed by atoms with van der Waals surface area (Å²) in [5, 5.41) is 8.83. The van der Waals surface area contributed by atoms with Gasteiger partial charge in [-0.2, -0.15) is 5.48 Å². The van der Waals surface area contributed by atoms with Gasteiger partial charge in [0.05, 0.1) is 12.3 Å². The molecule has 0 saturated carbocycles. The molecule has 0 bridgehead atoms. The lowest BCUT2D eigenvalue weighted by atomic mass is 10.1. The van der Waals surface area contributed by atoms with E-state index < -0.39 is 0 Å². The van der Waals surface area contributed by atoms with Crippen LogP contribution in [-0.4, -0.2) is 11.7 Å². The van der Waals surface area contributed by atoms with Crippen molar-refractivity contribution in [2.75, 3.05) is 0 Å². The van der Waals surface area contributed by atoms with Crippen LogP contribution in [0.25, 0.3) is 0 Å². The van der Waals surface area contributed by atoms with Gasteiger partial charge in [-0.3, -0.25) is 4.79 Å². The van der Waals surface area contributed by atoms with Crippen LogP contribution in [0, 0.1) is 0 Å². The maximum Gasteiger partial charge on any atom is 0.297 e. The zero-order chi connectivity index (χ0) is 10.2. The van der Waals surface area contributed by atoms with Crippen molar-refractivity contribution in [2.45, 2.75) is 6.04 Å². The number of carbonyl (C=O) groups excluding carboxylic acids is 1. The van der Waals surface area contributed by atoms with Crippen LogP contribution in [0.3, 0.4) is 0 Å². The first-order valence-electron chi connectivity index (χ1n) is 4.09. The molecule has 74 valence electrons. The number of carbonyl (C=O) groups is 1. The maximum absolute atomic E-state index is 9.85. The van der Waals surface area contributed by atoms with Crippen molar-refractivity contribution in [3.63, 3.8) is 0 Å². The number of ether oxygens (including phenoxy) is 1. The Labute approximate surface area is 81.8 Å². The lowest BCUT2D eigenvalue weighted by molar-refractivity contribution is -0.123. The molecular formula is C10H11NO3. The van der Waals surface area contributed by atoms with Crippen LogP contribution < -0.4 is 5.48 Å². The Balaban J connectivity index is 2.67. The molecule has 1 aromatic rings. The summed E-state index contributed by atoms with van der Waals surface area (Å²) in [6.45, 7) is 0.315. The van der Waals surface area contributed by atoms with Crippen molar-refractivity contribution in [3.05, 3.63) is 48.2 Å². The Morgan fingerprint density at radius 2 is 2.07 bits per heavy atom. The molecule has 4 heteroatoms. The highest BCUT2D eigenvalue weighted by Gasteiger charge is 2.04. The Bertz CT molecular complexity index is 297. The van der Waals surface area contributed by atoms with Gasteiger partial charge in [-0.1, -0.05) is 30.3 Å². The molecule has 0 amide bonds. The van der Waals surface area contributed by atoms with Crippen LogP contribution >= 0.6 is 0 Å². The van der Waals surface area contributed by atoms with E-state index >= 15 is 0 Å². The Hall–Kier alpha value is -1.65. The van der Waals surface area contributed by atoms with Crippen LogP contribution in [0.4, 0.5) is 0 Å². The first kappa shape index (κ1) is 10.4. The number of benzene rings is 1. The van der Waals surface area contributed by atoms with E-state index in [1.54, 1.807) is 0 Å². The van der Waals surface area contributed by atoms with Gasteiger partial charge in [0.15, 0.2) is 0 Å².